The molecule has 0 unspecified atom stereocenters. The molecular weight excluding hydrogens is 303 g/mol. The Morgan fingerprint density at radius 2 is 1.90 bits per heavy atom. The first-order valence-electron chi connectivity index (χ1n) is 6.38. The first kappa shape index (κ1) is 17.4. The van der Waals surface area contributed by atoms with Crippen molar-refractivity contribution < 1.29 is 12.8 Å². The van der Waals surface area contributed by atoms with E-state index in [1.54, 1.807) is 13.0 Å². The van der Waals surface area contributed by atoms with Crippen molar-refractivity contribution in [1.29, 1.82) is 0 Å². The molecule has 1 N–H and O–H groups in total. The predicted octanol–water partition coefficient (Wildman–Crippen LogP) is 1.93. The predicted molar refractivity (Wildman–Crippen MR) is 79.2 cm³/mol. The summed E-state index contributed by atoms with van der Waals surface area (Å²) in [5.41, 5.74) is 0.735. The molecule has 4 nitrogen and oxygen atoms in total. The van der Waals surface area contributed by atoms with Crippen LogP contribution in [-0.4, -0.2) is 38.9 Å². The molecule has 7 heteroatoms. The summed E-state index contributed by atoms with van der Waals surface area (Å²) in [4.78, 5) is -0.228. The number of nitrogens with one attached hydrogen (secondary N) is 1. The fourth-order valence-electron chi connectivity index (χ4n) is 2.33. The van der Waals surface area contributed by atoms with E-state index in [4.69, 9.17) is 0 Å². The molecule has 0 radical (unpaired) electrons. The van der Waals surface area contributed by atoms with E-state index in [2.05, 4.69) is 5.32 Å². The molecule has 1 aromatic carbocycles. The Morgan fingerprint density at radius 3 is 2.50 bits per heavy atom. The van der Waals surface area contributed by atoms with Crippen LogP contribution in [0, 0.1) is 12.7 Å². The number of nitrogens with zero attached hydrogens (tertiary/aromatic N) is 1. The van der Waals surface area contributed by atoms with Gasteiger partial charge in [0.2, 0.25) is 10.0 Å². The number of aryl methyl sites for hydroxylation is 1. The Kier molecular flexibility index (Phi) is 5.94. The van der Waals surface area contributed by atoms with Gasteiger partial charge in [-0.05, 0) is 50.6 Å². The number of sulfonamides is 1. The van der Waals surface area contributed by atoms with E-state index in [1.807, 2.05) is 0 Å². The summed E-state index contributed by atoms with van der Waals surface area (Å²) in [7, 11) is -2.23. The van der Waals surface area contributed by atoms with Crippen LogP contribution in [-0.2, 0) is 10.0 Å². The highest BCUT2D eigenvalue weighted by atomic mass is 35.5. The number of halogens is 2. The summed E-state index contributed by atoms with van der Waals surface area (Å²) >= 11 is 0. The second-order valence-electron chi connectivity index (χ2n) is 4.94. The molecule has 0 bridgehead atoms. The third-order valence-corrected chi connectivity index (χ3v) is 5.49. The molecule has 2 rings (SSSR count). The number of hydrogen-bond donors (Lipinski definition) is 1. The Morgan fingerprint density at radius 1 is 1.30 bits per heavy atom. The third-order valence-electron chi connectivity index (χ3n) is 3.57. The van der Waals surface area contributed by atoms with Crippen LogP contribution in [0.5, 0.6) is 0 Å². The Bertz CT molecular complexity index is 559. The smallest absolute Gasteiger partial charge is 0.245 e. The van der Waals surface area contributed by atoms with Crippen LogP contribution in [0.4, 0.5) is 4.39 Å². The van der Waals surface area contributed by atoms with Crippen LogP contribution >= 0.6 is 12.4 Å². The van der Waals surface area contributed by atoms with Gasteiger partial charge in [0.1, 0.15) is 10.7 Å². The summed E-state index contributed by atoms with van der Waals surface area (Å²) in [6, 6.07) is 4.10. The minimum absolute atomic E-state index is 0. The van der Waals surface area contributed by atoms with Crippen molar-refractivity contribution in [1.82, 2.24) is 9.62 Å². The van der Waals surface area contributed by atoms with Gasteiger partial charge in [-0.1, -0.05) is 6.07 Å². The average Bonchev–Trinajstić information content (AvgIpc) is 2.41. The molecule has 0 amide bonds. The average molecular weight is 323 g/mol. The normalized spacial score (nSPS) is 17.0. The lowest BCUT2D eigenvalue weighted by molar-refractivity contribution is 0.295. The summed E-state index contributed by atoms with van der Waals surface area (Å²) < 4.78 is 40.0. The van der Waals surface area contributed by atoms with E-state index in [0.717, 1.165) is 31.5 Å². The van der Waals surface area contributed by atoms with Gasteiger partial charge in [0, 0.05) is 13.1 Å². The molecule has 1 heterocycles. The molecule has 20 heavy (non-hydrogen) atoms. The molecule has 0 aromatic heterocycles. The lowest BCUT2D eigenvalue weighted by atomic mass is 10.1. The fourth-order valence-corrected chi connectivity index (χ4v) is 3.89. The van der Waals surface area contributed by atoms with Crippen LogP contribution < -0.4 is 5.32 Å². The van der Waals surface area contributed by atoms with Crippen molar-refractivity contribution in [2.75, 3.05) is 20.1 Å². The molecule has 114 valence electrons. The maximum absolute atomic E-state index is 13.8. The molecule has 1 aliphatic rings. The van der Waals surface area contributed by atoms with E-state index in [-0.39, 0.29) is 23.3 Å². The van der Waals surface area contributed by atoms with Gasteiger partial charge in [-0.25, -0.2) is 12.8 Å². The second-order valence-corrected chi connectivity index (χ2v) is 6.90. The molecule has 0 spiro atoms. The maximum atomic E-state index is 13.8. The van der Waals surface area contributed by atoms with Crippen molar-refractivity contribution in [2.45, 2.75) is 30.7 Å². The molecule has 1 fully saturated rings. The lowest BCUT2D eigenvalue weighted by Crippen LogP contribution is -2.44. The molecule has 0 saturated carbocycles. The number of piperidine rings is 1. The number of rotatable bonds is 3. The highest BCUT2D eigenvalue weighted by molar-refractivity contribution is 7.89. The SMILES string of the molecule is Cc1ccc(F)c(S(=O)(=O)N(C)C2CCNCC2)c1.Cl. The van der Waals surface area contributed by atoms with Gasteiger partial charge >= 0.3 is 0 Å². The van der Waals surface area contributed by atoms with E-state index < -0.39 is 15.8 Å². The van der Waals surface area contributed by atoms with Crippen LogP contribution in [0.1, 0.15) is 18.4 Å². The van der Waals surface area contributed by atoms with Crippen molar-refractivity contribution in [3.63, 3.8) is 0 Å². The Hall–Kier alpha value is -0.690. The highest BCUT2D eigenvalue weighted by Gasteiger charge is 2.30. The summed E-state index contributed by atoms with van der Waals surface area (Å²) in [6.45, 7) is 3.34. The third kappa shape index (κ3) is 3.49. The fraction of sp³-hybridized carbons (Fsp3) is 0.538. The summed E-state index contributed by atoms with van der Waals surface area (Å²) in [5, 5.41) is 3.19. The number of hydrogen-bond acceptors (Lipinski definition) is 3. The summed E-state index contributed by atoms with van der Waals surface area (Å²) in [5.74, 6) is -0.689. The molecule has 1 aromatic rings. The monoisotopic (exact) mass is 322 g/mol. The van der Waals surface area contributed by atoms with Crippen LogP contribution in [0.25, 0.3) is 0 Å². The maximum Gasteiger partial charge on any atom is 0.245 e. The number of benzene rings is 1. The Balaban J connectivity index is 0.00000200. The van der Waals surface area contributed by atoms with E-state index >= 15 is 0 Å². The lowest BCUT2D eigenvalue weighted by Gasteiger charge is -2.31. The van der Waals surface area contributed by atoms with Crippen LogP contribution in [0.3, 0.4) is 0 Å². The molecule has 1 saturated heterocycles. The van der Waals surface area contributed by atoms with Gasteiger partial charge in [-0.2, -0.15) is 4.31 Å². The van der Waals surface area contributed by atoms with E-state index in [0.29, 0.717) is 0 Å². The quantitative estimate of drug-likeness (QED) is 0.925. The highest BCUT2D eigenvalue weighted by Crippen LogP contribution is 2.23. The van der Waals surface area contributed by atoms with Gasteiger partial charge in [-0.3, -0.25) is 0 Å². The van der Waals surface area contributed by atoms with E-state index in [1.165, 1.54) is 23.5 Å². The van der Waals surface area contributed by atoms with E-state index in [9.17, 15) is 12.8 Å². The summed E-state index contributed by atoms with van der Waals surface area (Å²) in [6.07, 6.45) is 1.51. The van der Waals surface area contributed by atoms with Gasteiger partial charge in [0.15, 0.2) is 0 Å². The minimum Gasteiger partial charge on any atom is -0.317 e. The van der Waals surface area contributed by atoms with Gasteiger partial charge < -0.3 is 5.32 Å². The second kappa shape index (κ2) is 6.85. The molecule has 1 aliphatic heterocycles. The molecule has 0 atom stereocenters. The Labute approximate surface area is 125 Å². The first-order valence-corrected chi connectivity index (χ1v) is 7.82. The zero-order valence-electron chi connectivity index (χ0n) is 11.6. The topological polar surface area (TPSA) is 49.4 Å². The first-order chi connectivity index (χ1) is 8.93. The van der Waals surface area contributed by atoms with Crippen molar-refractivity contribution in [2.24, 2.45) is 0 Å². The van der Waals surface area contributed by atoms with Gasteiger partial charge in [0.05, 0.1) is 0 Å². The molecule has 0 aliphatic carbocycles. The zero-order valence-corrected chi connectivity index (χ0v) is 13.2. The van der Waals surface area contributed by atoms with Gasteiger partial charge in [-0.15, -0.1) is 12.4 Å². The minimum atomic E-state index is -3.76. The largest absolute Gasteiger partial charge is 0.317 e. The van der Waals surface area contributed by atoms with Crippen molar-refractivity contribution in [3.05, 3.63) is 29.6 Å². The molecular formula is C13H20ClFN2O2S. The van der Waals surface area contributed by atoms with Crippen LogP contribution in [0.2, 0.25) is 0 Å². The van der Waals surface area contributed by atoms with Gasteiger partial charge in [0.25, 0.3) is 0 Å². The van der Waals surface area contributed by atoms with Crippen molar-refractivity contribution in [3.8, 4) is 0 Å². The van der Waals surface area contributed by atoms with Crippen LogP contribution in [0.15, 0.2) is 23.1 Å². The van der Waals surface area contributed by atoms with Crippen molar-refractivity contribution >= 4 is 22.4 Å². The standard InChI is InChI=1S/C13H19FN2O2S.ClH/c1-10-3-4-12(14)13(9-10)19(17,18)16(2)11-5-7-15-8-6-11;/h3-4,9,11,15H,5-8H2,1-2H3;1H. The zero-order chi connectivity index (χ0) is 14.0.